The molecule has 1 aromatic carbocycles. The van der Waals surface area contributed by atoms with Crippen molar-refractivity contribution in [3.8, 4) is 0 Å². The lowest BCUT2D eigenvalue weighted by Gasteiger charge is -2.61. The summed E-state index contributed by atoms with van der Waals surface area (Å²) in [6.45, 7) is 7.31. The Balaban J connectivity index is 1.25. The number of nitrogens with zero attached hydrogens (tertiary/aromatic N) is 2. The van der Waals surface area contributed by atoms with Crippen molar-refractivity contribution in [1.82, 2.24) is 15.5 Å². The van der Waals surface area contributed by atoms with Gasteiger partial charge in [0.25, 0.3) is 0 Å². The summed E-state index contributed by atoms with van der Waals surface area (Å²) in [5.74, 6) is 0.910. The van der Waals surface area contributed by atoms with Crippen LogP contribution in [0.25, 0.3) is 0 Å². The van der Waals surface area contributed by atoms with Gasteiger partial charge in [-0.25, -0.2) is 0 Å². The van der Waals surface area contributed by atoms with Crippen LogP contribution in [0.1, 0.15) is 56.6 Å². The van der Waals surface area contributed by atoms with Crippen LogP contribution in [-0.2, 0) is 17.8 Å². The first-order chi connectivity index (χ1) is 13.7. The Bertz CT molecular complexity index is 662. The van der Waals surface area contributed by atoms with Crippen molar-refractivity contribution in [1.29, 1.82) is 0 Å². The van der Waals surface area contributed by atoms with E-state index in [1.54, 1.807) is 0 Å². The van der Waals surface area contributed by atoms with Crippen molar-refractivity contribution in [2.45, 2.75) is 70.7 Å². The SMILES string of the molecule is CCOC1CC(NC(=NC)NCc2ccc(CN3CCCC3)cc2)C12CCC2. The second-order valence-electron chi connectivity index (χ2n) is 8.69. The van der Waals surface area contributed by atoms with Crippen molar-refractivity contribution < 1.29 is 4.74 Å². The van der Waals surface area contributed by atoms with Crippen LogP contribution < -0.4 is 10.6 Å². The zero-order valence-electron chi connectivity index (χ0n) is 17.5. The van der Waals surface area contributed by atoms with Gasteiger partial charge >= 0.3 is 0 Å². The maximum Gasteiger partial charge on any atom is 0.191 e. The minimum Gasteiger partial charge on any atom is -0.378 e. The molecule has 0 bridgehead atoms. The highest BCUT2D eigenvalue weighted by atomic mass is 16.5. The molecular formula is C23H36N4O. The molecule has 2 saturated carbocycles. The molecule has 3 aliphatic rings. The van der Waals surface area contributed by atoms with E-state index in [1.807, 2.05) is 7.05 Å². The molecule has 1 spiro atoms. The zero-order valence-corrected chi connectivity index (χ0v) is 17.5. The number of nitrogens with one attached hydrogen (secondary N) is 2. The normalized spacial score (nSPS) is 26.7. The topological polar surface area (TPSA) is 48.9 Å². The maximum absolute atomic E-state index is 5.97. The first kappa shape index (κ1) is 19.7. The predicted octanol–water partition coefficient (Wildman–Crippen LogP) is 3.30. The summed E-state index contributed by atoms with van der Waals surface area (Å²) in [6.07, 6.45) is 8.13. The standard InChI is InChI=1S/C23H36N4O/c1-3-28-21-15-20(23(21)11-6-12-23)26-22(24-2)25-16-18-7-9-19(10-8-18)17-27-13-4-5-14-27/h7-10,20-21H,3-6,11-17H2,1-2H3,(H2,24,25,26). The van der Waals surface area contributed by atoms with Crippen LogP contribution in [0.15, 0.2) is 29.3 Å². The van der Waals surface area contributed by atoms with Gasteiger partial charge in [0.1, 0.15) is 0 Å². The van der Waals surface area contributed by atoms with E-state index in [2.05, 4.69) is 51.7 Å². The van der Waals surface area contributed by atoms with E-state index in [0.717, 1.165) is 32.1 Å². The average Bonchev–Trinajstić information content (AvgIpc) is 3.16. The minimum absolute atomic E-state index is 0.352. The van der Waals surface area contributed by atoms with Crippen LogP contribution in [0, 0.1) is 5.41 Å². The van der Waals surface area contributed by atoms with E-state index >= 15 is 0 Å². The second kappa shape index (κ2) is 8.83. The highest BCUT2D eigenvalue weighted by molar-refractivity contribution is 5.80. The fourth-order valence-electron chi connectivity index (χ4n) is 5.15. The molecule has 2 aliphatic carbocycles. The van der Waals surface area contributed by atoms with Crippen LogP contribution in [0.3, 0.4) is 0 Å². The molecule has 1 saturated heterocycles. The Morgan fingerprint density at radius 2 is 1.86 bits per heavy atom. The molecular weight excluding hydrogens is 348 g/mol. The third-order valence-electron chi connectivity index (χ3n) is 7.06. The Morgan fingerprint density at radius 1 is 1.14 bits per heavy atom. The smallest absolute Gasteiger partial charge is 0.191 e. The summed E-state index contributed by atoms with van der Waals surface area (Å²) in [6, 6.07) is 9.52. The fraction of sp³-hybridized carbons (Fsp3) is 0.696. The molecule has 0 amide bonds. The largest absolute Gasteiger partial charge is 0.378 e. The van der Waals surface area contributed by atoms with Gasteiger partial charge < -0.3 is 15.4 Å². The number of ether oxygens (including phenoxy) is 1. The summed E-state index contributed by atoms with van der Waals surface area (Å²) < 4.78 is 5.97. The highest BCUT2D eigenvalue weighted by Gasteiger charge is 2.59. The zero-order chi connectivity index (χ0) is 19.4. The fourth-order valence-corrected chi connectivity index (χ4v) is 5.15. The molecule has 4 rings (SSSR count). The third-order valence-corrected chi connectivity index (χ3v) is 7.06. The summed E-state index contributed by atoms with van der Waals surface area (Å²) >= 11 is 0. The van der Waals surface area contributed by atoms with Gasteiger partial charge in [-0.05, 0) is 63.2 Å². The quantitative estimate of drug-likeness (QED) is 0.559. The lowest BCUT2D eigenvalue weighted by molar-refractivity contribution is -0.168. The molecule has 2 atom stereocenters. The lowest BCUT2D eigenvalue weighted by atomic mass is 9.51. The number of rotatable bonds is 7. The highest BCUT2D eigenvalue weighted by Crippen LogP contribution is 2.57. The third kappa shape index (κ3) is 4.06. The molecule has 3 fully saturated rings. The summed E-state index contributed by atoms with van der Waals surface area (Å²) in [7, 11) is 1.86. The van der Waals surface area contributed by atoms with Crippen LogP contribution >= 0.6 is 0 Å². The van der Waals surface area contributed by atoms with Crippen molar-refractivity contribution in [3.05, 3.63) is 35.4 Å². The number of aliphatic imine (C=N–C) groups is 1. The number of hydrogen-bond acceptors (Lipinski definition) is 3. The number of benzene rings is 1. The van der Waals surface area contributed by atoms with Crippen LogP contribution in [0.2, 0.25) is 0 Å². The van der Waals surface area contributed by atoms with Gasteiger partial charge in [0.2, 0.25) is 0 Å². The molecule has 154 valence electrons. The van der Waals surface area contributed by atoms with E-state index < -0.39 is 0 Å². The minimum atomic E-state index is 0.352. The summed E-state index contributed by atoms with van der Waals surface area (Å²) in [5, 5.41) is 7.16. The summed E-state index contributed by atoms with van der Waals surface area (Å²) in [4.78, 5) is 7.00. The first-order valence-electron chi connectivity index (χ1n) is 11.1. The Hall–Kier alpha value is -1.59. The molecule has 5 nitrogen and oxygen atoms in total. The van der Waals surface area contributed by atoms with Crippen LogP contribution in [0.4, 0.5) is 0 Å². The van der Waals surface area contributed by atoms with Gasteiger partial charge in [0, 0.05) is 38.2 Å². The predicted molar refractivity (Wildman–Crippen MR) is 114 cm³/mol. The van der Waals surface area contributed by atoms with E-state index in [-0.39, 0.29) is 0 Å². The Morgan fingerprint density at radius 3 is 2.46 bits per heavy atom. The number of guanidine groups is 1. The molecule has 0 aromatic heterocycles. The van der Waals surface area contributed by atoms with Crippen molar-refractivity contribution in [2.24, 2.45) is 10.4 Å². The molecule has 1 aliphatic heterocycles. The Labute approximate surface area is 169 Å². The van der Waals surface area contributed by atoms with Gasteiger partial charge in [0.15, 0.2) is 5.96 Å². The average molecular weight is 385 g/mol. The lowest BCUT2D eigenvalue weighted by Crippen LogP contribution is -2.68. The molecule has 1 heterocycles. The van der Waals surface area contributed by atoms with Gasteiger partial charge in [-0.2, -0.15) is 0 Å². The molecule has 0 radical (unpaired) electrons. The van der Waals surface area contributed by atoms with Crippen LogP contribution in [-0.4, -0.2) is 49.7 Å². The van der Waals surface area contributed by atoms with Gasteiger partial charge in [0.05, 0.1) is 6.10 Å². The molecule has 2 unspecified atom stereocenters. The van der Waals surface area contributed by atoms with Crippen molar-refractivity contribution >= 4 is 5.96 Å². The van der Waals surface area contributed by atoms with E-state index in [9.17, 15) is 0 Å². The van der Waals surface area contributed by atoms with Crippen molar-refractivity contribution in [2.75, 3.05) is 26.7 Å². The van der Waals surface area contributed by atoms with E-state index in [0.29, 0.717) is 17.6 Å². The van der Waals surface area contributed by atoms with Gasteiger partial charge in [-0.15, -0.1) is 0 Å². The summed E-state index contributed by atoms with van der Waals surface area (Å²) in [5.41, 5.74) is 3.06. The second-order valence-corrected chi connectivity index (χ2v) is 8.69. The molecule has 1 aromatic rings. The Kier molecular flexibility index (Phi) is 6.22. The van der Waals surface area contributed by atoms with E-state index in [4.69, 9.17) is 4.74 Å². The van der Waals surface area contributed by atoms with E-state index in [1.165, 1.54) is 56.3 Å². The number of likely N-dealkylation sites (tertiary alicyclic amines) is 1. The maximum atomic E-state index is 5.97. The first-order valence-corrected chi connectivity index (χ1v) is 11.1. The monoisotopic (exact) mass is 384 g/mol. The van der Waals surface area contributed by atoms with Gasteiger partial charge in [-0.3, -0.25) is 9.89 Å². The van der Waals surface area contributed by atoms with Crippen molar-refractivity contribution in [3.63, 3.8) is 0 Å². The molecule has 2 N–H and O–H groups in total. The van der Waals surface area contributed by atoms with Gasteiger partial charge in [-0.1, -0.05) is 30.7 Å². The van der Waals surface area contributed by atoms with Crippen LogP contribution in [0.5, 0.6) is 0 Å². The molecule has 28 heavy (non-hydrogen) atoms. The number of hydrogen-bond donors (Lipinski definition) is 2. The molecule has 5 heteroatoms.